The molecule has 0 unspecified atom stereocenters. The molecule has 1 saturated carbocycles. The summed E-state index contributed by atoms with van der Waals surface area (Å²) >= 11 is 0. The zero-order valence-electron chi connectivity index (χ0n) is 10.8. The van der Waals surface area contributed by atoms with E-state index in [9.17, 15) is 9.90 Å². The van der Waals surface area contributed by atoms with Gasteiger partial charge in [0.25, 0.3) is 0 Å². The Balaban J connectivity index is 1.78. The molecule has 1 heterocycles. The molecular weight excluding hydrogens is 244 g/mol. The number of fused-ring (bicyclic) bond motifs is 2. The first-order chi connectivity index (χ1) is 9.08. The maximum absolute atomic E-state index is 11.2. The van der Waals surface area contributed by atoms with Crippen molar-refractivity contribution in [2.75, 3.05) is 6.61 Å². The quantitative estimate of drug-likeness (QED) is 0.770. The lowest BCUT2D eigenvalue weighted by molar-refractivity contribution is -0.405. The van der Waals surface area contributed by atoms with Crippen LogP contribution in [0.3, 0.4) is 0 Å². The Labute approximate surface area is 111 Å². The number of benzene rings is 1. The van der Waals surface area contributed by atoms with Gasteiger partial charge in [0.2, 0.25) is 0 Å². The van der Waals surface area contributed by atoms with Crippen LogP contribution in [0.25, 0.3) is 0 Å². The second-order valence-electron chi connectivity index (χ2n) is 5.83. The molecule has 0 amide bonds. The van der Waals surface area contributed by atoms with Gasteiger partial charge in [0, 0.05) is 12.8 Å². The molecule has 0 bridgehead atoms. The van der Waals surface area contributed by atoms with E-state index in [1.165, 1.54) is 12.5 Å². The number of hydrogen-bond donors (Lipinski definition) is 1. The molecule has 0 aromatic heterocycles. The van der Waals surface area contributed by atoms with Gasteiger partial charge < -0.3 is 14.6 Å². The van der Waals surface area contributed by atoms with Crippen LogP contribution in [0.2, 0.25) is 0 Å². The molecule has 0 radical (unpaired) electrons. The smallest absolute Gasteiger partial charge is 0.303 e. The van der Waals surface area contributed by atoms with Crippen molar-refractivity contribution in [1.29, 1.82) is 0 Å². The number of rotatable bonds is 1. The van der Waals surface area contributed by atoms with Crippen LogP contribution in [0.1, 0.15) is 24.5 Å². The lowest BCUT2D eigenvalue weighted by atomic mass is 9.49. The molecule has 4 atom stereocenters. The predicted octanol–water partition coefficient (Wildman–Crippen LogP) is 1.15. The largest absolute Gasteiger partial charge is 0.459 e. The first-order valence-electron chi connectivity index (χ1n) is 6.70. The Morgan fingerprint density at radius 2 is 2.26 bits per heavy atom. The van der Waals surface area contributed by atoms with Gasteiger partial charge in [0.1, 0.15) is 17.3 Å². The fraction of sp³-hybridized carbons (Fsp3) is 0.533. The van der Waals surface area contributed by atoms with E-state index in [0.29, 0.717) is 0 Å². The van der Waals surface area contributed by atoms with Gasteiger partial charge in [-0.1, -0.05) is 24.3 Å². The fourth-order valence-corrected chi connectivity index (χ4v) is 4.13. The van der Waals surface area contributed by atoms with Gasteiger partial charge in [0.05, 0.1) is 6.61 Å². The third-order valence-electron chi connectivity index (χ3n) is 4.99. The minimum atomic E-state index is -0.995. The van der Waals surface area contributed by atoms with Crippen molar-refractivity contribution < 1.29 is 19.4 Å². The topological polar surface area (TPSA) is 55.8 Å². The van der Waals surface area contributed by atoms with Crippen LogP contribution in [0.15, 0.2) is 24.3 Å². The number of esters is 1. The standard InChI is InChI=1S/C15H16O4/c1-9(16)19-13-7-11-6-10-4-2-3-5-12(10)14(17)8-18-15(11,13)14/h2-5,11,13,17H,6-8H2,1H3/t11-,13-,14-,15+/m1/s1. The summed E-state index contributed by atoms with van der Waals surface area (Å²) in [5.41, 5.74) is 0.433. The summed E-state index contributed by atoms with van der Waals surface area (Å²) in [6.07, 6.45) is 1.34. The second kappa shape index (κ2) is 3.38. The van der Waals surface area contributed by atoms with Crippen molar-refractivity contribution in [2.24, 2.45) is 5.92 Å². The van der Waals surface area contributed by atoms with E-state index in [1.54, 1.807) is 0 Å². The Hall–Kier alpha value is -1.39. The van der Waals surface area contributed by atoms with E-state index in [0.717, 1.165) is 18.4 Å². The summed E-state index contributed by atoms with van der Waals surface area (Å²) < 4.78 is 11.1. The van der Waals surface area contributed by atoms with Gasteiger partial charge in [-0.3, -0.25) is 4.79 Å². The first kappa shape index (κ1) is 11.4. The molecule has 1 aliphatic heterocycles. The van der Waals surface area contributed by atoms with E-state index in [2.05, 4.69) is 6.07 Å². The molecule has 19 heavy (non-hydrogen) atoms. The van der Waals surface area contributed by atoms with E-state index >= 15 is 0 Å². The summed E-state index contributed by atoms with van der Waals surface area (Å²) in [6, 6.07) is 7.95. The summed E-state index contributed by atoms with van der Waals surface area (Å²) in [6.45, 7) is 1.69. The molecular formula is C15H16O4. The number of hydrogen-bond acceptors (Lipinski definition) is 4. The molecule has 1 aromatic rings. The van der Waals surface area contributed by atoms with Crippen molar-refractivity contribution >= 4 is 5.97 Å². The normalized spacial score (nSPS) is 42.0. The lowest BCUT2D eigenvalue weighted by Gasteiger charge is -2.69. The van der Waals surface area contributed by atoms with Crippen LogP contribution in [0, 0.1) is 5.92 Å². The van der Waals surface area contributed by atoms with Crippen molar-refractivity contribution in [3.05, 3.63) is 35.4 Å². The summed E-state index contributed by atoms with van der Waals surface area (Å²) in [5.74, 6) is -0.0694. The van der Waals surface area contributed by atoms with E-state index in [-0.39, 0.29) is 24.6 Å². The number of carbonyl (C=O) groups is 1. The minimum Gasteiger partial charge on any atom is -0.459 e. The molecule has 4 heteroatoms. The Morgan fingerprint density at radius 1 is 1.47 bits per heavy atom. The maximum Gasteiger partial charge on any atom is 0.303 e. The minimum absolute atomic E-state index is 0.241. The zero-order valence-corrected chi connectivity index (χ0v) is 10.8. The summed E-state index contributed by atoms with van der Waals surface area (Å²) in [5, 5.41) is 11.0. The van der Waals surface area contributed by atoms with Gasteiger partial charge in [-0.2, -0.15) is 0 Å². The Bertz CT molecular complexity index is 569. The van der Waals surface area contributed by atoms with Gasteiger partial charge in [0.15, 0.2) is 0 Å². The first-order valence-corrected chi connectivity index (χ1v) is 6.70. The highest BCUT2D eigenvalue weighted by molar-refractivity contribution is 5.66. The molecule has 3 aliphatic rings. The van der Waals surface area contributed by atoms with Crippen LogP contribution in [0.5, 0.6) is 0 Å². The van der Waals surface area contributed by atoms with Crippen LogP contribution in [-0.2, 0) is 26.3 Å². The van der Waals surface area contributed by atoms with E-state index in [1.807, 2.05) is 18.2 Å². The van der Waals surface area contributed by atoms with Crippen LogP contribution in [0.4, 0.5) is 0 Å². The number of ether oxygens (including phenoxy) is 2. The van der Waals surface area contributed by atoms with Crippen molar-refractivity contribution in [3.63, 3.8) is 0 Å². The molecule has 4 nitrogen and oxygen atoms in total. The zero-order chi connectivity index (χ0) is 13.3. The van der Waals surface area contributed by atoms with Crippen molar-refractivity contribution in [3.8, 4) is 0 Å². The van der Waals surface area contributed by atoms with Crippen molar-refractivity contribution in [1.82, 2.24) is 0 Å². The van der Waals surface area contributed by atoms with Gasteiger partial charge in [-0.25, -0.2) is 0 Å². The van der Waals surface area contributed by atoms with Crippen LogP contribution in [-0.4, -0.2) is 29.4 Å². The summed E-state index contributed by atoms with van der Waals surface area (Å²) in [4.78, 5) is 11.2. The highest BCUT2D eigenvalue weighted by Crippen LogP contribution is 2.64. The van der Waals surface area contributed by atoms with E-state index in [4.69, 9.17) is 9.47 Å². The van der Waals surface area contributed by atoms with Crippen molar-refractivity contribution in [2.45, 2.75) is 37.1 Å². The molecule has 2 aliphatic carbocycles. The number of carbonyl (C=O) groups excluding carboxylic acids is 1. The maximum atomic E-state index is 11.2. The third-order valence-corrected chi connectivity index (χ3v) is 4.99. The average molecular weight is 260 g/mol. The fourth-order valence-electron chi connectivity index (χ4n) is 4.13. The Morgan fingerprint density at radius 3 is 2.95 bits per heavy atom. The molecule has 2 fully saturated rings. The molecule has 1 spiro atoms. The molecule has 4 rings (SSSR count). The second-order valence-corrected chi connectivity index (χ2v) is 5.83. The highest BCUT2D eigenvalue weighted by Gasteiger charge is 2.77. The van der Waals surface area contributed by atoms with Gasteiger partial charge in [-0.15, -0.1) is 0 Å². The SMILES string of the molecule is CC(=O)O[C@@H]1C[C@H]2Cc3ccccc3[C@]3(O)CO[C@@]213. The lowest BCUT2D eigenvalue weighted by Crippen LogP contribution is -2.82. The predicted molar refractivity (Wildman–Crippen MR) is 66.4 cm³/mol. The summed E-state index contributed by atoms with van der Waals surface area (Å²) in [7, 11) is 0. The van der Waals surface area contributed by atoms with Gasteiger partial charge >= 0.3 is 5.97 Å². The van der Waals surface area contributed by atoms with Gasteiger partial charge in [-0.05, 0) is 24.0 Å². The number of aliphatic hydroxyl groups is 1. The van der Waals surface area contributed by atoms with Crippen LogP contribution >= 0.6 is 0 Å². The third kappa shape index (κ3) is 1.15. The monoisotopic (exact) mass is 260 g/mol. The van der Waals surface area contributed by atoms with E-state index < -0.39 is 11.2 Å². The highest BCUT2D eigenvalue weighted by atomic mass is 16.6. The molecule has 100 valence electrons. The van der Waals surface area contributed by atoms with Crippen LogP contribution < -0.4 is 0 Å². The average Bonchev–Trinajstić information content (AvgIpc) is 2.34. The molecule has 1 saturated heterocycles. The Kier molecular flexibility index (Phi) is 2.03. The molecule has 1 N–H and O–H groups in total. The molecule has 1 aromatic carbocycles.